The summed E-state index contributed by atoms with van der Waals surface area (Å²) >= 11 is 17.4. The first-order valence-electron chi connectivity index (χ1n) is 20.7. The first kappa shape index (κ1) is 61.8. The molecule has 1 aliphatic heterocycles. The van der Waals surface area contributed by atoms with E-state index in [0.717, 1.165) is 18.2 Å². The first-order chi connectivity index (χ1) is 35.6. The molecule has 5 N–H and O–H groups in total. The van der Waals surface area contributed by atoms with Crippen LogP contribution in [0.5, 0.6) is 0 Å². The maximum absolute atomic E-state index is 13.0. The Labute approximate surface area is 437 Å². The number of nitrogens with one attached hydrogen (secondary N) is 3. The van der Waals surface area contributed by atoms with Gasteiger partial charge in [0.05, 0.1) is 67.8 Å². The monoisotopic (exact) mass is 1160 g/mol. The van der Waals surface area contributed by atoms with E-state index in [0.29, 0.717) is 28.4 Å². The second-order valence-electron chi connectivity index (χ2n) is 15.5. The van der Waals surface area contributed by atoms with Gasteiger partial charge in [0.2, 0.25) is 5.91 Å². The predicted octanol–water partition coefficient (Wildman–Crippen LogP) is 11.5. The van der Waals surface area contributed by atoms with Gasteiger partial charge in [-0.3, -0.25) is 44.2 Å². The molecule has 0 bridgehead atoms. The Morgan fingerprint density at radius 3 is 1.48 bits per heavy atom. The number of anilines is 1. The number of ether oxygens (including phenoxy) is 2. The Bertz CT molecular complexity index is 2990. The third-order valence-corrected chi connectivity index (χ3v) is 10.9. The van der Waals surface area contributed by atoms with Crippen molar-refractivity contribution >= 4 is 82.5 Å². The summed E-state index contributed by atoms with van der Waals surface area (Å²) in [6, 6.07) is 9.11. The lowest BCUT2D eigenvalue weighted by Gasteiger charge is -2.27. The summed E-state index contributed by atoms with van der Waals surface area (Å²) in [6.07, 6.45) is -20.8. The maximum Gasteiger partial charge on any atom is 0.416 e. The minimum absolute atomic E-state index is 0.0330. The lowest BCUT2D eigenvalue weighted by Crippen LogP contribution is -2.35. The lowest BCUT2D eigenvalue weighted by atomic mass is 9.96. The van der Waals surface area contributed by atoms with Gasteiger partial charge in [0.1, 0.15) is 13.2 Å². The van der Waals surface area contributed by atoms with Crippen LogP contribution in [0, 0.1) is 20.2 Å². The Morgan fingerprint density at radius 2 is 1.04 bits per heavy atom. The van der Waals surface area contributed by atoms with Gasteiger partial charge in [-0.1, -0.05) is 34.8 Å². The second kappa shape index (κ2) is 25.4. The molecular formula is C45H31Cl3F12N6O11. The molecule has 77 heavy (non-hydrogen) atoms. The zero-order valence-corrected chi connectivity index (χ0v) is 40.1. The van der Waals surface area contributed by atoms with Crippen molar-refractivity contribution in [2.24, 2.45) is 5.73 Å². The molecule has 32 heteroatoms. The molecule has 0 aromatic heterocycles. The summed E-state index contributed by atoms with van der Waals surface area (Å²) in [4.78, 5) is 77.9. The van der Waals surface area contributed by atoms with E-state index in [4.69, 9.17) is 40.5 Å². The standard InChI is InChI=1S/C18H11ClF6N2O5.C18H11ClF6N2O2.C9H9ClN2O4/c19-12-1-2-15(27(30)31)13(6-12)14(7-32-8-28)26-16(29)9-3-10(17(20,21)22)5-11(4-9)18(23,24)25;19-11-1-2-13-12(6-11)14(7-15(28)26-13)27-16(29)8-3-9(17(20,21)22)5-10(4-8)18(23,24)25;10-6-1-2-9(12(14)15)7(3-6)8(11)4-16-5-13/h1-6,8,14H,7H2,(H,26,29);1-6,14H,7H2,(H,26,28)(H,27,29);1-3,5,8H,4,11H2. The van der Waals surface area contributed by atoms with E-state index in [1.54, 1.807) is 0 Å². The highest BCUT2D eigenvalue weighted by atomic mass is 35.5. The van der Waals surface area contributed by atoms with E-state index in [2.05, 4.69) is 20.1 Å². The van der Waals surface area contributed by atoms with Crippen molar-refractivity contribution in [2.75, 3.05) is 18.5 Å². The molecule has 3 amide bonds. The Balaban J connectivity index is 0.000000263. The van der Waals surface area contributed by atoms with Gasteiger partial charge in [-0.2, -0.15) is 52.7 Å². The van der Waals surface area contributed by atoms with Crippen molar-refractivity contribution in [3.8, 4) is 0 Å². The third kappa shape index (κ3) is 17.4. The smallest absolute Gasteiger partial charge is 0.416 e. The normalized spacial score (nSPS) is 14.1. The Kier molecular flexibility index (Phi) is 20.4. The van der Waals surface area contributed by atoms with Crippen molar-refractivity contribution in [1.82, 2.24) is 10.6 Å². The molecule has 3 atom stereocenters. The number of fused-ring (bicyclic) bond motifs is 1. The van der Waals surface area contributed by atoms with E-state index in [1.807, 2.05) is 5.32 Å². The van der Waals surface area contributed by atoms with Crippen LogP contribution in [0.4, 0.5) is 69.7 Å². The molecule has 1 heterocycles. The number of nitro groups is 2. The number of hydrogen-bond acceptors (Lipinski definition) is 12. The predicted molar refractivity (Wildman–Crippen MR) is 245 cm³/mol. The van der Waals surface area contributed by atoms with Crippen LogP contribution >= 0.6 is 34.8 Å². The fraction of sp³-hybridized carbons (Fsp3) is 0.222. The van der Waals surface area contributed by atoms with Gasteiger partial charge in [-0.25, -0.2) is 0 Å². The molecule has 0 saturated heterocycles. The summed E-state index contributed by atoms with van der Waals surface area (Å²) in [7, 11) is 0. The van der Waals surface area contributed by atoms with Crippen molar-refractivity contribution in [3.63, 3.8) is 0 Å². The molecule has 0 saturated carbocycles. The van der Waals surface area contributed by atoms with Crippen molar-refractivity contribution in [1.29, 1.82) is 0 Å². The van der Waals surface area contributed by atoms with Gasteiger partial charge in [0.15, 0.2) is 0 Å². The van der Waals surface area contributed by atoms with E-state index in [9.17, 15) is 96.9 Å². The van der Waals surface area contributed by atoms with Gasteiger partial charge in [0.25, 0.3) is 36.1 Å². The topological polar surface area (TPSA) is 252 Å². The zero-order chi connectivity index (χ0) is 58.0. The number of nitro benzene ring substituents is 2. The van der Waals surface area contributed by atoms with Crippen LogP contribution in [0.1, 0.15) is 84.2 Å². The van der Waals surface area contributed by atoms with Crippen molar-refractivity contribution < 1.29 is 96.0 Å². The number of benzene rings is 5. The molecule has 0 aliphatic carbocycles. The number of hydrogen-bond donors (Lipinski definition) is 4. The molecule has 17 nitrogen and oxygen atoms in total. The summed E-state index contributed by atoms with van der Waals surface area (Å²) in [6.45, 7) is -0.690. The fourth-order valence-electron chi connectivity index (χ4n) is 6.75. The fourth-order valence-corrected chi connectivity index (χ4v) is 7.29. The number of amides is 3. The number of halogens is 15. The van der Waals surface area contributed by atoms with Crippen LogP contribution < -0.4 is 21.7 Å². The third-order valence-electron chi connectivity index (χ3n) is 10.2. The van der Waals surface area contributed by atoms with Crippen molar-refractivity contribution in [2.45, 2.75) is 49.3 Å². The first-order valence-corrected chi connectivity index (χ1v) is 21.8. The van der Waals surface area contributed by atoms with Gasteiger partial charge >= 0.3 is 24.7 Å². The number of nitrogens with zero attached hydrogens (tertiary/aromatic N) is 2. The molecule has 0 radical (unpaired) electrons. The van der Waals surface area contributed by atoms with Crippen LogP contribution in [-0.4, -0.2) is 53.7 Å². The quantitative estimate of drug-likeness (QED) is 0.0351. The number of carbonyl (C=O) groups is 5. The minimum atomic E-state index is -5.19. The average Bonchev–Trinajstić information content (AvgIpc) is 3.33. The highest BCUT2D eigenvalue weighted by Crippen LogP contribution is 2.39. The van der Waals surface area contributed by atoms with Gasteiger partial charge in [-0.05, 0) is 84.4 Å². The van der Waals surface area contributed by atoms with Crippen LogP contribution in [0.3, 0.4) is 0 Å². The molecule has 5 aromatic carbocycles. The van der Waals surface area contributed by atoms with Crippen molar-refractivity contribution in [3.05, 3.63) is 176 Å². The van der Waals surface area contributed by atoms with Crippen LogP contribution in [-0.2, 0) is 48.6 Å². The molecule has 0 spiro atoms. The summed E-state index contributed by atoms with van der Waals surface area (Å²) in [5.74, 6) is -3.10. The largest absolute Gasteiger partial charge is 0.466 e. The molecule has 412 valence electrons. The number of nitrogens with two attached hydrogens (primary N) is 1. The van der Waals surface area contributed by atoms with E-state index < -0.39 is 116 Å². The molecule has 6 rings (SSSR count). The lowest BCUT2D eigenvalue weighted by molar-refractivity contribution is -0.385. The highest BCUT2D eigenvalue weighted by molar-refractivity contribution is 6.31. The number of rotatable bonds is 14. The number of alkyl halides is 12. The van der Waals surface area contributed by atoms with Crippen LogP contribution in [0.2, 0.25) is 15.1 Å². The summed E-state index contributed by atoms with van der Waals surface area (Å²) in [5.41, 5.74) is -2.97. The summed E-state index contributed by atoms with van der Waals surface area (Å²) in [5, 5.41) is 29.5. The summed E-state index contributed by atoms with van der Waals surface area (Å²) < 4.78 is 165. The minimum Gasteiger partial charge on any atom is -0.466 e. The van der Waals surface area contributed by atoms with Crippen LogP contribution in [0.25, 0.3) is 0 Å². The molecule has 0 fully saturated rings. The van der Waals surface area contributed by atoms with Gasteiger partial charge in [0, 0.05) is 44.0 Å². The Hall–Kier alpha value is -7.76. The van der Waals surface area contributed by atoms with Gasteiger partial charge < -0.3 is 31.2 Å². The van der Waals surface area contributed by atoms with E-state index in [1.165, 1.54) is 36.4 Å². The number of carbonyl (C=O) groups excluding carboxylic acids is 5. The van der Waals surface area contributed by atoms with Gasteiger partial charge in [-0.15, -0.1) is 0 Å². The maximum atomic E-state index is 13.0. The van der Waals surface area contributed by atoms with E-state index >= 15 is 0 Å². The molecular weight excluding hydrogens is 1130 g/mol. The molecule has 1 aliphatic rings. The average molecular weight is 1170 g/mol. The molecule has 3 unspecified atom stereocenters. The van der Waals surface area contributed by atoms with Crippen LogP contribution in [0.15, 0.2) is 91.0 Å². The zero-order valence-electron chi connectivity index (χ0n) is 37.8. The Morgan fingerprint density at radius 1 is 0.636 bits per heavy atom. The molecule has 5 aromatic rings. The second-order valence-corrected chi connectivity index (χ2v) is 16.8. The van der Waals surface area contributed by atoms with E-state index in [-0.39, 0.29) is 77.1 Å². The SMILES string of the molecule is NC(COC=O)c1cc(Cl)ccc1[N+](=O)[O-].O=C1CC(NC(=O)c2cc(C(F)(F)F)cc(C(F)(F)F)c2)c2cc(Cl)ccc2N1.O=COCC(NC(=O)c1cc(C(F)(F)F)cc(C(F)(F)F)c1)c1cc(Cl)ccc1[N+](=O)[O-]. The highest BCUT2D eigenvalue weighted by Gasteiger charge is 2.40.